The Bertz CT molecular complexity index is 285. The highest BCUT2D eigenvalue weighted by Crippen LogP contribution is 1.80. The van der Waals surface area contributed by atoms with Gasteiger partial charge in [-0.05, 0) is 13.8 Å². The standard InChI is InChI=1S/C8H18O5.C4H10O.CH4O4S/c9-1-3-11-5-7-13-8-6-12-4-2-10;1-3-5-4-2;1-5-6(2,3)4/h9-10H,1-8H2;3-4H2,1-2H3;1H3,(H,2,3,4). The Hall–Kier alpha value is -0.370. The quantitative estimate of drug-likeness (QED) is 0.283. The van der Waals surface area contributed by atoms with Crippen LogP contribution < -0.4 is 0 Å². The first-order chi connectivity index (χ1) is 11.4. The van der Waals surface area contributed by atoms with E-state index < -0.39 is 10.4 Å². The van der Waals surface area contributed by atoms with Gasteiger partial charge in [0.15, 0.2) is 0 Å². The molecule has 0 unspecified atom stereocenters. The molecule has 0 aliphatic carbocycles. The lowest BCUT2D eigenvalue weighted by molar-refractivity contribution is 0.00230. The summed E-state index contributed by atoms with van der Waals surface area (Å²) in [6, 6.07) is 0. The van der Waals surface area contributed by atoms with Crippen LogP contribution in [0.25, 0.3) is 0 Å². The molecule has 0 aromatic carbocycles. The maximum Gasteiger partial charge on any atom is 0.397 e. The summed E-state index contributed by atoms with van der Waals surface area (Å²) in [5.74, 6) is 0. The molecule has 0 aliphatic heterocycles. The fourth-order valence-corrected chi connectivity index (χ4v) is 0.875. The fraction of sp³-hybridized carbons (Fsp3) is 1.00. The van der Waals surface area contributed by atoms with Gasteiger partial charge in [-0.2, -0.15) is 8.42 Å². The first-order valence-electron chi connectivity index (χ1n) is 7.45. The van der Waals surface area contributed by atoms with Crippen LogP contribution in [0.15, 0.2) is 0 Å². The largest absolute Gasteiger partial charge is 0.397 e. The second-order valence-corrected chi connectivity index (χ2v) is 4.85. The van der Waals surface area contributed by atoms with Crippen molar-refractivity contribution in [3.05, 3.63) is 0 Å². The van der Waals surface area contributed by atoms with Crippen LogP contribution >= 0.6 is 0 Å². The van der Waals surface area contributed by atoms with E-state index in [4.69, 9.17) is 33.7 Å². The van der Waals surface area contributed by atoms with Crippen LogP contribution in [-0.4, -0.2) is 96.4 Å². The first kappa shape index (κ1) is 28.4. The average Bonchev–Trinajstić information content (AvgIpc) is 2.55. The van der Waals surface area contributed by atoms with Crippen molar-refractivity contribution in [3.8, 4) is 0 Å². The van der Waals surface area contributed by atoms with Crippen molar-refractivity contribution in [2.75, 3.05) is 73.2 Å². The summed E-state index contributed by atoms with van der Waals surface area (Å²) in [5, 5.41) is 16.7. The minimum absolute atomic E-state index is 0.0413. The van der Waals surface area contributed by atoms with Crippen LogP contribution in [0.3, 0.4) is 0 Å². The third-order valence-corrected chi connectivity index (χ3v) is 2.26. The Balaban J connectivity index is -0.000000332. The number of rotatable bonds is 13. The zero-order valence-electron chi connectivity index (χ0n) is 14.7. The van der Waals surface area contributed by atoms with Gasteiger partial charge in [0, 0.05) is 13.2 Å². The summed E-state index contributed by atoms with van der Waals surface area (Å²) in [5.41, 5.74) is 0. The van der Waals surface area contributed by atoms with Crippen molar-refractivity contribution in [2.24, 2.45) is 0 Å². The van der Waals surface area contributed by atoms with E-state index in [1.165, 1.54) is 0 Å². The van der Waals surface area contributed by atoms with Gasteiger partial charge < -0.3 is 29.2 Å². The number of aliphatic hydroxyl groups excluding tert-OH is 2. The van der Waals surface area contributed by atoms with Crippen LogP contribution in [0.1, 0.15) is 13.8 Å². The summed E-state index contributed by atoms with van der Waals surface area (Å²) in [4.78, 5) is 0. The van der Waals surface area contributed by atoms with E-state index in [0.29, 0.717) is 39.6 Å². The summed E-state index contributed by atoms with van der Waals surface area (Å²) in [6.07, 6.45) is 0. The maximum atomic E-state index is 9.33. The topological polar surface area (TPSA) is 141 Å². The highest BCUT2D eigenvalue weighted by atomic mass is 32.3. The Kier molecular flexibility index (Phi) is 29.5. The molecule has 0 rings (SSSR count). The molecule has 150 valence electrons. The molecule has 0 spiro atoms. The molecular weight excluding hydrogens is 348 g/mol. The first-order valence-corrected chi connectivity index (χ1v) is 8.81. The Morgan fingerprint density at radius 1 is 0.708 bits per heavy atom. The zero-order valence-corrected chi connectivity index (χ0v) is 15.5. The Morgan fingerprint density at radius 3 is 1.17 bits per heavy atom. The SMILES string of the molecule is CCOCC.COS(=O)(=O)O.OCCOCCOCCOCCO. The van der Waals surface area contributed by atoms with Crippen molar-refractivity contribution in [1.29, 1.82) is 0 Å². The lowest BCUT2D eigenvalue weighted by Crippen LogP contribution is -2.11. The van der Waals surface area contributed by atoms with E-state index in [2.05, 4.69) is 4.18 Å². The molecule has 0 bridgehead atoms. The average molecular weight is 380 g/mol. The number of hydrogen-bond acceptors (Lipinski definition) is 9. The third-order valence-electron chi connectivity index (χ3n) is 1.83. The van der Waals surface area contributed by atoms with E-state index in [0.717, 1.165) is 20.3 Å². The van der Waals surface area contributed by atoms with Crippen LogP contribution in [0, 0.1) is 0 Å². The lowest BCUT2D eigenvalue weighted by Gasteiger charge is -2.04. The smallest absolute Gasteiger partial charge is 0.394 e. The molecule has 0 aromatic rings. The molecular formula is C13H32O10S. The Morgan fingerprint density at radius 2 is 1.00 bits per heavy atom. The van der Waals surface area contributed by atoms with Crippen molar-refractivity contribution in [1.82, 2.24) is 0 Å². The minimum atomic E-state index is -4.16. The number of hydrogen-bond donors (Lipinski definition) is 3. The van der Waals surface area contributed by atoms with Gasteiger partial charge in [-0.15, -0.1) is 0 Å². The summed E-state index contributed by atoms with van der Waals surface area (Å²) in [7, 11) is -3.29. The van der Waals surface area contributed by atoms with E-state index in [1.807, 2.05) is 13.8 Å². The van der Waals surface area contributed by atoms with Crippen molar-refractivity contribution < 1.29 is 46.3 Å². The van der Waals surface area contributed by atoms with Gasteiger partial charge in [-0.3, -0.25) is 8.74 Å². The number of ether oxygens (including phenoxy) is 4. The maximum absolute atomic E-state index is 9.33. The van der Waals surface area contributed by atoms with Crippen LogP contribution in [0.4, 0.5) is 0 Å². The van der Waals surface area contributed by atoms with E-state index in [1.54, 1.807) is 0 Å². The highest BCUT2D eigenvalue weighted by molar-refractivity contribution is 7.80. The predicted molar refractivity (Wildman–Crippen MR) is 87.4 cm³/mol. The van der Waals surface area contributed by atoms with Crippen LogP contribution in [-0.2, 0) is 33.5 Å². The van der Waals surface area contributed by atoms with Gasteiger partial charge in [0.1, 0.15) is 0 Å². The van der Waals surface area contributed by atoms with Crippen LogP contribution in [0.5, 0.6) is 0 Å². The highest BCUT2D eigenvalue weighted by Gasteiger charge is 1.94. The normalized spacial score (nSPS) is 10.4. The molecule has 11 heteroatoms. The summed E-state index contributed by atoms with van der Waals surface area (Å²) in [6.45, 7) is 8.43. The van der Waals surface area contributed by atoms with Crippen molar-refractivity contribution >= 4 is 10.4 Å². The van der Waals surface area contributed by atoms with Gasteiger partial charge in [0.25, 0.3) is 0 Å². The van der Waals surface area contributed by atoms with Crippen LogP contribution in [0.2, 0.25) is 0 Å². The van der Waals surface area contributed by atoms with E-state index >= 15 is 0 Å². The van der Waals surface area contributed by atoms with Crippen molar-refractivity contribution in [2.45, 2.75) is 13.8 Å². The minimum Gasteiger partial charge on any atom is -0.394 e. The van der Waals surface area contributed by atoms with E-state index in [-0.39, 0.29) is 13.2 Å². The van der Waals surface area contributed by atoms with Crippen molar-refractivity contribution in [3.63, 3.8) is 0 Å². The molecule has 0 amide bonds. The Labute approximate surface area is 144 Å². The van der Waals surface area contributed by atoms with Gasteiger partial charge in [0.05, 0.1) is 60.0 Å². The molecule has 0 saturated heterocycles. The second-order valence-electron chi connectivity index (χ2n) is 3.66. The molecule has 3 N–H and O–H groups in total. The summed E-state index contributed by atoms with van der Waals surface area (Å²) < 4.78 is 49.6. The van der Waals surface area contributed by atoms with Gasteiger partial charge in [0.2, 0.25) is 0 Å². The molecule has 0 radical (unpaired) electrons. The van der Waals surface area contributed by atoms with Gasteiger partial charge >= 0.3 is 10.4 Å². The van der Waals surface area contributed by atoms with E-state index in [9.17, 15) is 8.42 Å². The van der Waals surface area contributed by atoms with Gasteiger partial charge in [-0.25, -0.2) is 0 Å². The number of aliphatic hydroxyl groups is 2. The summed E-state index contributed by atoms with van der Waals surface area (Å²) >= 11 is 0. The molecule has 0 heterocycles. The van der Waals surface area contributed by atoms with Gasteiger partial charge in [-0.1, -0.05) is 0 Å². The fourth-order valence-electron chi connectivity index (χ4n) is 0.875. The molecule has 0 fully saturated rings. The molecule has 0 aromatic heterocycles. The molecule has 24 heavy (non-hydrogen) atoms. The second kappa shape index (κ2) is 24.9. The lowest BCUT2D eigenvalue weighted by atomic mass is 10.7. The molecule has 0 aliphatic rings. The zero-order chi connectivity index (χ0) is 19.1. The molecule has 0 saturated carbocycles. The molecule has 10 nitrogen and oxygen atoms in total. The predicted octanol–water partition coefficient (Wildman–Crippen LogP) is -0.501. The molecule has 0 atom stereocenters. The monoisotopic (exact) mass is 380 g/mol. The third kappa shape index (κ3) is 43.0.